The van der Waals surface area contributed by atoms with Gasteiger partial charge >= 0.3 is 0 Å². The van der Waals surface area contributed by atoms with Gasteiger partial charge in [0.2, 0.25) is 0 Å². The van der Waals surface area contributed by atoms with E-state index in [1.54, 1.807) is 6.07 Å². The Morgan fingerprint density at radius 1 is 1.33 bits per heavy atom. The monoisotopic (exact) mass is 268 g/mol. The molecule has 5 heteroatoms. The SMILES string of the molecule is Cc1ccc2c(c1C)N(C)C(C)C(CN)S2(=O)=O. The molecule has 0 radical (unpaired) electrons. The van der Waals surface area contributed by atoms with Crippen molar-refractivity contribution in [1.29, 1.82) is 0 Å². The lowest BCUT2D eigenvalue weighted by Gasteiger charge is -2.40. The van der Waals surface area contributed by atoms with E-state index >= 15 is 0 Å². The Morgan fingerprint density at radius 2 is 1.94 bits per heavy atom. The molecular weight excluding hydrogens is 248 g/mol. The average Bonchev–Trinajstić information content (AvgIpc) is 2.30. The molecule has 0 amide bonds. The van der Waals surface area contributed by atoms with Crippen LogP contribution in [-0.4, -0.2) is 33.3 Å². The van der Waals surface area contributed by atoms with Crippen LogP contribution in [0.2, 0.25) is 0 Å². The highest BCUT2D eigenvalue weighted by Gasteiger charge is 2.41. The molecule has 0 fully saturated rings. The minimum Gasteiger partial charge on any atom is -0.369 e. The maximum absolute atomic E-state index is 12.5. The number of hydrogen-bond acceptors (Lipinski definition) is 4. The number of fused-ring (bicyclic) bond motifs is 1. The Labute approximate surface area is 109 Å². The molecule has 2 atom stereocenters. The highest BCUT2D eigenvalue weighted by Crippen LogP contribution is 2.39. The van der Waals surface area contributed by atoms with Gasteiger partial charge in [-0.15, -0.1) is 0 Å². The quantitative estimate of drug-likeness (QED) is 0.832. The van der Waals surface area contributed by atoms with Gasteiger partial charge in [0.15, 0.2) is 9.84 Å². The summed E-state index contributed by atoms with van der Waals surface area (Å²) in [6.45, 7) is 6.03. The van der Waals surface area contributed by atoms with Crippen LogP contribution in [0.1, 0.15) is 18.1 Å². The maximum atomic E-state index is 12.5. The molecule has 0 aliphatic carbocycles. The van der Waals surface area contributed by atoms with E-state index in [1.807, 2.05) is 38.8 Å². The Balaban J connectivity index is 2.79. The summed E-state index contributed by atoms with van der Waals surface area (Å²) in [5.74, 6) is 0. The fraction of sp³-hybridized carbons (Fsp3) is 0.538. The van der Waals surface area contributed by atoms with Crippen molar-refractivity contribution in [3.05, 3.63) is 23.3 Å². The molecule has 0 aromatic heterocycles. The molecule has 0 spiro atoms. The minimum absolute atomic E-state index is 0.104. The van der Waals surface area contributed by atoms with Gasteiger partial charge in [0, 0.05) is 19.6 Å². The number of nitrogens with two attached hydrogens (primary N) is 1. The molecule has 100 valence electrons. The van der Waals surface area contributed by atoms with Crippen molar-refractivity contribution in [3.63, 3.8) is 0 Å². The average molecular weight is 268 g/mol. The summed E-state index contributed by atoms with van der Waals surface area (Å²) in [5, 5.41) is -0.530. The van der Waals surface area contributed by atoms with Crippen LogP contribution in [0.25, 0.3) is 0 Å². The predicted octanol–water partition coefficient (Wildman–Crippen LogP) is 1.24. The number of rotatable bonds is 1. The number of aryl methyl sites for hydroxylation is 1. The van der Waals surface area contributed by atoms with Gasteiger partial charge in [-0.2, -0.15) is 0 Å². The van der Waals surface area contributed by atoms with E-state index in [2.05, 4.69) is 0 Å². The maximum Gasteiger partial charge on any atom is 0.186 e. The van der Waals surface area contributed by atoms with Crippen molar-refractivity contribution in [2.24, 2.45) is 5.73 Å². The van der Waals surface area contributed by atoms with Crippen LogP contribution in [-0.2, 0) is 9.84 Å². The van der Waals surface area contributed by atoms with E-state index in [-0.39, 0.29) is 12.6 Å². The van der Waals surface area contributed by atoms with Crippen LogP contribution in [0.4, 0.5) is 5.69 Å². The fourth-order valence-electron chi connectivity index (χ4n) is 2.64. The lowest BCUT2D eigenvalue weighted by Crippen LogP contribution is -2.51. The topological polar surface area (TPSA) is 63.4 Å². The predicted molar refractivity (Wildman–Crippen MR) is 73.8 cm³/mol. The second-order valence-corrected chi connectivity index (χ2v) is 7.16. The van der Waals surface area contributed by atoms with Crippen LogP contribution in [0, 0.1) is 13.8 Å². The number of anilines is 1. The van der Waals surface area contributed by atoms with Gasteiger partial charge in [0.05, 0.1) is 15.8 Å². The molecule has 0 saturated carbocycles. The van der Waals surface area contributed by atoms with E-state index in [0.717, 1.165) is 16.8 Å². The standard InChI is InChI=1S/C13H20N2O2S/c1-8-5-6-11-13(9(8)2)15(4)10(3)12(7-14)18(11,16)17/h5-6,10,12H,7,14H2,1-4H3. The smallest absolute Gasteiger partial charge is 0.186 e. The second-order valence-electron chi connectivity index (χ2n) is 5.02. The Kier molecular flexibility index (Phi) is 3.15. The first kappa shape index (κ1) is 13.4. The zero-order valence-electron chi connectivity index (χ0n) is 11.3. The fourth-order valence-corrected chi connectivity index (χ4v) is 4.75. The van der Waals surface area contributed by atoms with Gasteiger partial charge in [0.25, 0.3) is 0 Å². The zero-order chi connectivity index (χ0) is 13.7. The van der Waals surface area contributed by atoms with Crippen molar-refractivity contribution < 1.29 is 8.42 Å². The molecule has 1 heterocycles. The number of hydrogen-bond donors (Lipinski definition) is 1. The molecule has 0 bridgehead atoms. The first-order valence-electron chi connectivity index (χ1n) is 6.09. The Hall–Kier alpha value is -1.07. The summed E-state index contributed by atoms with van der Waals surface area (Å²) < 4.78 is 25.1. The molecule has 2 rings (SSSR count). The van der Waals surface area contributed by atoms with E-state index in [4.69, 9.17) is 5.73 Å². The van der Waals surface area contributed by atoms with Gasteiger partial charge in [-0.25, -0.2) is 8.42 Å². The van der Waals surface area contributed by atoms with Crippen LogP contribution in [0.5, 0.6) is 0 Å². The molecule has 4 nitrogen and oxygen atoms in total. The molecule has 1 aromatic rings. The highest BCUT2D eigenvalue weighted by atomic mass is 32.2. The van der Waals surface area contributed by atoms with Crippen molar-refractivity contribution in [3.8, 4) is 0 Å². The number of sulfone groups is 1. The molecule has 1 aliphatic rings. The Morgan fingerprint density at radius 3 is 2.50 bits per heavy atom. The minimum atomic E-state index is -3.32. The zero-order valence-corrected chi connectivity index (χ0v) is 12.1. The van der Waals surface area contributed by atoms with Gasteiger partial charge in [-0.3, -0.25) is 0 Å². The normalized spacial score (nSPS) is 25.9. The largest absolute Gasteiger partial charge is 0.369 e. The van der Waals surface area contributed by atoms with Crippen LogP contribution < -0.4 is 10.6 Å². The van der Waals surface area contributed by atoms with Crippen LogP contribution in [0.15, 0.2) is 17.0 Å². The summed E-state index contributed by atoms with van der Waals surface area (Å²) in [5.41, 5.74) is 8.61. The summed E-state index contributed by atoms with van der Waals surface area (Å²) >= 11 is 0. The summed E-state index contributed by atoms with van der Waals surface area (Å²) in [7, 11) is -1.38. The van der Waals surface area contributed by atoms with Crippen molar-refractivity contribution in [1.82, 2.24) is 0 Å². The summed E-state index contributed by atoms with van der Waals surface area (Å²) in [6.07, 6.45) is 0. The highest BCUT2D eigenvalue weighted by molar-refractivity contribution is 7.92. The molecular formula is C13H20N2O2S. The number of nitrogens with zero attached hydrogens (tertiary/aromatic N) is 1. The molecule has 18 heavy (non-hydrogen) atoms. The third-order valence-corrected chi connectivity index (χ3v) is 6.43. The van der Waals surface area contributed by atoms with Crippen LogP contribution >= 0.6 is 0 Å². The molecule has 1 aliphatic heterocycles. The second kappa shape index (κ2) is 4.24. The van der Waals surface area contributed by atoms with Crippen molar-refractivity contribution in [2.45, 2.75) is 37.0 Å². The number of benzene rings is 1. The van der Waals surface area contributed by atoms with E-state index < -0.39 is 15.1 Å². The summed E-state index contributed by atoms with van der Waals surface area (Å²) in [6, 6.07) is 3.47. The van der Waals surface area contributed by atoms with Gasteiger partial charge < -0.3 is 10.6 Å². The van der Waals surface area contributed by atoms with E-state index in [0.29, 0.717) is 4.90 Å². The van der Waals surface area contributed by atoms with E-state index in [9.17, 15) is 8.42 Å². The van der Waals surface area contributed by atoms with Gasteiger partial charge in [-0.1, -0.05) is 6.07 Å². The third-order valence-electron chi connectivity index (χ3n) is 4.10. The lowest BCUT2D eigenvalue weighted by molar-refractivity contribution is 0.538. The first-order chi connectivity index (χ1) is 8.32. The third kappa shape index (κ3) is 1.65. The van der Waals surface area contributed by atoms with Gasteiger partial charge in [-0.05, 0) is 38.0 Å². The van der Waals surface area contributed by atoms with Gasteiger partial charge in [0.1, 0.15) is 0 Å². The lowest BCUT2D eigenvalue weighted by atomic mass is 10.0. The van der Waals surface area contributed by atoms with E-state index in [1.165, 1.54) is 0 Å². The van der Waals surface area contributed by atoms with Crippen LogP contribution in [0.3, 0.4) is 0 Å². The molecule has 0 saturated heterocycles. The van der Waals surface area contributed by atoms with Crippen molar-refractivity contribution >= 4 is 15.5 Å². The molecule has 2 unspecified atom stereocenters. The molecule has 2 N–H and O–H groups in total. The van der Waals surface area contributed by atoms with Crippen molar-refractivity contribution in [2.75, 3.05) is 18.5 Å². The Bertz CT molecular complexity index is 581. The molecule has 1 aromatic carbocycles. The first-order valence-corrected chi connectivity index (χ1v) is 7.64. The summed E-state index contributed by atoms with van der Waals surface area (Å²) in [4.78, 5) is 2.46.